The maximum atomic E-state index is 13.2. The third kappa shape index (κ3) is 4.11. The summed E-state index contributed by atoms with van der Waals surface area (Å²) in [5, 5.41) is 20.5. The summed E-state index contributed by atoms with van der Waals surface area (Å²) in [6, 6.07) is 6.70. The number of nitrogens with zero attached hydrogens (tertiary/aromatic N) is 4. The molecule has 9 heteroatoms. The van der Waals surface area contributed by atoms with Crippen LogP contribution in [0.2, 0.25) is 0 Å². The first-order valence-electron chi connectivity index (χ1n) is 6.63. The van der Waals surface area contributed by atoms with E-state index in [2.05, 4.69) is 10.5 Å². The number of ether oxygens (including phenoxy) is 1. The smallest absolute Gasteiger partial charge is 0.378 e. The zero-order chi connectivity index (χ0) is 16.9. The number of hydrogen-bond donors (Lipinski definition) is 1. The van der Waals surface area contributed by atoms with Crippen molar-refractivity contribution in [2.45, 2.75) is 6.18 Å². The molecule has 0 amide bonds. The van der Waals surface area contributed by atoms with Crippen LogP contribution in [0.15, 0.2) is 23.3 Å². The van der Waals surface area contributed by atoms with Crippen molar-refractivity contribution in [2.24, 2.45) is 5.10 Å². The van der Waals surface area contributed by atoms with Gasteiger partial charge in [0.15, 0.2) is 0 Å². The number of nitriles is 2. The fourth-order valence-electron chi connectivity index (χ4n) is 2.07. The molecule has 0 unspecified atom stereocenters. The van der Waals surface area contributed by atoms with Gasteiger partial charge in [-0.25, -0.2) is 0 Å². The van der Waals surface area contributed by atoms with Gasteiger partial charge in [0.2, 0.25) is 5.71 Å². The third-order valence-electron chi connectivity index (χ3n) is 3.18. The SMILES string of the molecule is N#CC(C#N)=NNc1ccc(N2CCOCC2)cc1C(F)(F)F. The Hall–Kier alpha value is -2.78. The molecule has 1 aliphatic heterocycles. The Balaban J connectivity index is 2.34. The first kappa shape index (κ1) is 16.6. The van der Waals surface area contributed by atoms with Crippen LogP contribution < -0.4 is 10.3 Å². The van der Waals surface area contributed by atoms with E-state index in [1.54, 1.807) is 4.90 Å². The normalized spacial score (nSPS) is 14.6. The average molecular weight is 323 g/mol. The molecule has 1 aromatic rings. The third-order valence-corrected chi connectivity index (χ3v) is 3.18. The van der Waals surface area contributed by atoms with Crippen molar-refractivity contribution in [3.63, 3.8) is 0 Å². The lowest BCUT2D eigenvalue weighted by molar-refractivity contribution is -0.136. The first-order valence-corrected chi connectivity index (χ1v) is 6.63. The summed E-state index contributed by atoms with van der Waals surface area (Å²) in [5.41, 5.74) is 0.761. The van der Waals surface area contributed by atoms with E-state index in [-0.39, 0.29) is 5.69 Å². The van der Waals surface area contributed by atoms with Crippen molar-refractivity contribution in [1.29, 1.82) is 10.5 Å². The van der Waals surface area contributed by atoms with Crippen molar-refractivity contribution < 1.29 is 17.9 Å². The predicted molar refractivity (Wildman–Crippen MR) is 76.8 cm³/mol. The molecule has 1 saturated heterocycles. The fourth-order valence-corrected chi connectivity index (χ4v) is 2.07. The zero-order valence-electron chi connectivity index (χ0n) is 11.9. The number of anilines is 2. The molecule has 0 aliphatic carbocycles. The van der Waals surface area contributed by atoms with Crippen LogP contribution in [0.4, 0.5) is 24.5 Å². The van der Waals surface area contributed by atoms with Gasteiger partial charge in [0.25, 0.3) is 0 Å². The zero-order valence-corrected chi connectivity index (χ0v) is 11.9. The van der Waals surface area contributed by atoms with Gasteiger partial charge in [-0.3, -0.25) is 5.43 Å². The number of morpholine rings is 1. The Labute approximate surface area is 130 Å². The van der Waals surface area contributed by atoms with Crippen LogP contribution in [-0.2, 0) is 10.9 Å². The molecule has 6 nitrogen and oxygen atoms in total. The maximum Gasteiger partial charge on any atom is 0.418 e. The second kappa shape index (κ2) is 6.99. The highest BCUT2D eigenvalue weighted by atomic mass is 19.4. The van der Waals surface area contributed by atoms with E-state index < -0.39 is 17.5 Å². The Morgan fingerprint density at radius 3 is 2.43 bits per heavy atom. The Morgan fingerprint density at radius 2 is 1.87 bits per heavy atom. The van der Waals surface area contributed by atoms with E-state index in [9.17, 15) is 13.2 Å². The molecular weight excluding hydrogens is 311 g/mol. The average Bonchev–Trinajstić information content (AvgIpc) is 2.56. The van der Waals surface area contributed by atoms with E-state index in [1.807, 2.05) is 0 Å². The molecular formula is C14H12F3N5O. The highest BCUT2D eigenvalue weighted by molar-refractivity contribution is 6.10. The number of hydrogen-bond acceptors (Lipinski definition) is 6. The van der Waals surface area contributed by atoms with Crippen molar-refractivity contribution in [2.75, 3.05) is 36.6 Å². The van der Waals surface area contributed by atoms with Crippen LogP contribution in [0.25, 0.3) is 0 Å². The number of nitrogens with one attached hydrogen (secondary N) is 1. The number of rotatable bonds is 3. The van der Waals surface area contributed by atoms with E-state index in [0.717, 1.165) is 6.07 Å². The van der Waals surface area contributed by atoms with Gasteiger partial charge in [-0.1, -0.05) is 0 Å². The number of hydrazone groups is 1. The lowest BCUT2D eigenvalue weighted by Crippen LogP contribution is -2.36. The van der Waals surface area contributed by atoms with Gasteiger partial charge >= 0.3 is 6.18 Å². The summed E-state index contributed by atoms with van der Waals surface area (Å²) in [6.07, 6.45) is -4.60. The largest absolute Gasteiger partial charge is 0.418 e. The van der Waals surface area contributed by atoms with Crippen molar-refractivity contribution in [3.05, 3.63) is 23.8 Å². The lowest BCUT2D eigenvalue weighted by Gasteiger charge is -2.29. The second-order valence-electron chi connectivity index (χ2n) is 4.62. The van der Waals surface area contributed by atoms with Gasteiger partial charge in [-0.2, -0.15) is 28.8 Å². The molecule has 1 fully saturated rings. The number of benzene rings is 1. The Morgan fingerprint density at radius 1 is 1.22 bits per heavy atom. The van der Waals surface area contributed by atoms with E-state index in [1.165, 1.54) is 24.3 Å². The minimum absolute atomic E-state index is 0.322. The Kier molecular flexibility index (Phi) is 5.04. The monoisotopic (exact) mass is 323 g/mol. The highest BCUT2D eigenvalue weighted by Crippen LogP contribution is 2.37. The van der Waals surface area contributed by atoms with Gasteiger partial charge < -0.3 is 9.64 Å². The van der Waals surface area contributed by atoms with Crippen LogP contribution in [-0.4, -0.2) is 32.0 Å². The van der Waals surface area contributed by atoms with Crippen molar-refractivity contribution >= 4 is 17.1 Å². The molecule has 23 heavy (non-hydrogen) atoms. The molecule has 1 N–H and O–H groups in total. The number of halogens is 3. The Bertz CT molecular complexity index is 665. The molecule has 0 atom stereocenters. The predicted octanol–water partition coefficient (Wildman–Crippen LogP) is 2.36. The summed E-state index contributed by atoms with van der Waals surface area (Å²) >= 11 is 0. The van der Waals surface area contributed by atoms with E-state index in [0.29, 0.717) is 32.0 Å². The van der Waals surface area contributed by atoms with Crippen LogP contribution in [0.1, 0.15) is 5.56 Å². The minimum atomic E-state index is -4.60. The lowest BCUT2D eigenvalue weighted by atomic mass is 10.1. The molecule has 1 aliphatic rings. The van der Waals surface area contributed by atoms with Crippen LogP contribution in [0.3, 0.4) is 0 Å². The van der Waals surface area contributed by atoms with Crippen molar-refractivity contribution in [1.82, 2.24) is 0 Å². The summed E-state index contributed by atoms with van der Waals surface area (Å²) in [4.78, 5) is 1.79. The molecule has 2 rings (SSSR count). The number of alkyl halides is 3. The summed E-state index contributed by atoms with van der Waals surface area (Å²) in [6.45, 7) is 1.93. The summed E-state index contributed by atoms with van der Waals surface area (Å²) in [5.74, 6) is 0. The quantitative estimate of drug-likeness (QED) is 0.682. The van der Waals surface area contributed by atoms with Gasteiger partial charge in [-0.15, -0.1) is 0 Å². The van der Waals surface area contributed by atoms with Gasteiger partial charge in [0.1, 0.15) is 12.1 Å². The molecule has 0 aromatic heterocycles. The molecule has 120 valence electrons. The standard InChI is InChI=1S/C14H12F3N5O/c15-14(16,17)12-7-11(22-3-5-23-6-4-22)1-2-13(12)21-20-10(8-18)9-19/h1-2,7,21H,3-6H2. The van der Waals surface area contributed by atoms with Crippen LogP contribution in [0.5, 0.6) is 0 Å². The second-order valence-corrected chi connectivity index (χ2v) is 4.62. The maximum absolute atomic E-state index is 13.2. The summed E-state index contributed by atoms with van der Waals surface area (Å²) in [7, 11) is 0. The molecule has 0 radical (unpaired) electrons. The van der Waals surface area contributed by atoms with Crippen LogP contribution >= 0.6 is 0 Å². The topological polar surface area (TPSA) is 84.4 Å². The van der Waals surface area contributed by atoms with E-state index >= 15 is 0 Å². The molecule has 0 saturated carbocycles. The molecule has 0 bridgehead atoms. The fraction of sp³-hybridized carbons (Fsp3) is 0.357. The van der Waals surface area contributed by atoms with E-state index in [4.69, 9.17) is 15.3 Å². The minimum Gasteiger partial charge on any atom is -0.378 e. The first-order chi connectivity index (χ1) is 11.0. The highest BCUT2D eigenvalue weighted by Gasteiger charge is 2.34. The van der Waals surface area contributed by atoms with Crippen molar-refractivity contribution in [3.8, 4) is 12.1 Å². The van der Waals surface area contributed by atoms with Gasteiger partial charge in [0, 0.05) is 18.8 Å². The molecule has 1 aromatic carbocycles. The van der Waals surface area contributed by atoms with Gasteiger partial charge in [0.05, 0.1) is 24.5 Å². The molecule has 1 heterocycles. The summed E-state index contributed by atoms with van der Waals surface area (Å²) < 4.78 is 44.8. The van der Waals surface area contributed by atoms with Crippen LogP contribution in [0, 0.1) is 22.7 Å². The molecule has 0 spiro atoms. The van der Waals surface area contributed by atoms with Gasteiger partial charge in [-0.05, 0) is 18.2 Å².